The fourth-order valence-corrected chi connectivity index (χ4v) is 1.98. The maximum atomic E-state index is 10.7. The fourth-order valence-electron chi connectivity index (χ4n) is 1.98. The lowest BCUT2D eigenvalue weighted by molar-refractivity contribution is -0.385. The third-order valence-electron chi connectivity index (χ3n) is 2.73. The predicted molar refractivity (Wildman–Crippen MR) is 53.0 cm³/mol. The summed E-state index contributed by atoms with van der Waals surface area (Å²) >= 11 is 0. The lowest BCUT2D eigenvalue weighted by atomic mass is 10.0. The Labute approximate surface area is 82.3 Å². The van der Waals surface area contributed by atoms with Gasteiger partial charge in [0.1, 0.15) is 0 Å². The molecule has 0 saturated heterocycles. The van der Waals surface area contributed by atoms with Gasteiger partial charge < -0.3 is 0 Å². The summed E-state index contributed by atoms with van der Waals surface area (Å²) in [5.41, 5.74) is 3.40. The van der Waals surface area contributed by atoms with E-state index in [2.05, 4.69) is 4.90 Å². The summed E-state index contributed by atoms with van der Waals surface area (Å²) in [6.07, 6.45) is 0. The molecule has 0 amide bonds. The van der Waals surface area contributed by atoms with Crippen molar-refractivity contribution < 1.29 is 4.92 Å². The first-order valence-corrected chi connectivity index (χ1v) is 4.54. The van der Waals surface area contributed by atoms with Crippen LogP contribution in [0.5, 0.6) is 0 Å². The average molecular weight is 192 g/mol. The van der Waals surface area contributed by atoms with E-state index in [9.17, 15) is 10.1 Å². The van der Waals surface area contributed by atoms with Gasteiger partial charge in [-0.15, -0.1) is 0 Å². The van der Waals surface area contributed by atoms with Crippen LogP contribution in [0.3, 0.4) is 0 Å². The number of nitro benzene ring substituents is 1. The van der Waals surface area contributed by atoms with E-state index >= 15 is 0 Å². The minimum absolute atomic E-state index is 0.235. The topological polar surface area (TPSA) is 46.4 Å². The van der Waals surface area contributed by atoms with E-state index < -0.39 is 0 Å². The van der Waals surface area contributed by atoms with Crippen LogP contribution >= 0.6 is 0 Å². The van der Waals surface area contributed by atoms with Crippen LogP contribution in [-0.2, 0) is 13.1 Å². The van der Waals surface area contributed by atoms with Crippen LogP contribution in [0.2, 0.25) is 0 Å². The molecule has 1 aliphatic rings. The summed E-state index contributed by atoms with van der Waals surface area (Å²) in [7, 11) is 2.02. The van der Waals surface area contributed by atoms with Gasteiger partial charge in [-0.25, -0.2) is 0 Å². The Morgan fingerprint density at radius 1 is 1.43 bits per heavy atom. The molecule has 0 aromatic heterocycles. The first-order chi connectivity index (χ1) is 6.59. The summed E-state index contributed by atoms with van der Waals surface area (Å²) in [5, 5.41) is 10.7. The van der Waals surface area contributed by atoms with Gasteiger partial charge in [-0.3, -0.25) is 15.0 Å². The minimum atomic E-state index is -0.312. The molecule has 74 valence electrons. The maximum Gasteiger partial charge on any atom is 0.272 e. The van der Waals surface area contributed by atoms with Crippen molar-refractivity contribution >= 4 is 5.69 Å². The molecule has 0 atom stereocenters. The highest BCUT2D eigenvalue weighted by molar-refractivity contribution is 5.49. The second-order valence-corrected chi connectivity index (χ2v) is 3.78. The number of fused-ring (bicyclic) bond motifs is 1. The Hall–Kier alpha value is -1.42. The van der Waals surface area contributed by atoms with Crippen LogP contribution in [0.1, 0.15) is 16.7 Å². The number of hydrogen-bond donors (Lipinski definition) is 0. The van der Waals surface area contributed by atoms with Crippen LogP contribution in [0.4, 0.5) is 5.69 Å². The summed E-state index contributed by atoms with van der Waals surface area (Å²) in [6.45, 7) is 3.55. The van der Waals surface area contributed by atoms with Crippen LogP contribution in [0.25, 0.3) is 0 Å². The molecular formula is C10H12N2O2. The Morgan fingerprint density at radius 2 is 2.14 bits per heavy atom. The van der Waals surface area contributed by atoms with Crippen LogP contribution in [-0.4, -0.2) is 16.9 Å². The van der Waals surface area contributed by atoms with Gasteiger partial charge in [0.05, 0.1) is 4.92 Å². The third-order valence-corrected chi connectivity index (χ3v) is 2.73. The standard InChI is InChI=1S/C10H12N2O2/c1-7-9-6-11(2)5-8(9)3-4-10(7)12(13)14/h3-4H,5-6H2,1-2H3. The molecule has 1 aromatic carbocycles. The van der Waals surface area contributed by atoms with Crippen molar-refractivity contribution in [2.24, 2.45) is 0 Å². The van der Waals surface area contributed by atoms with E-state index in [-0.39, 0.29) is 10.6 Å². The lowest BCUT2D eigenvalue weighted by Gasteiger charge is -2.04. The molecule has 1 aliphatic heterocycles. The molecule has 1 aromatic rings. The molecule has 0 aliphatic carbocycles. The molecule has 0 unspecified atom stereocenters. The summed E-state index contributed by atoms with van der Waals surface area (Å²) in [5.74, 6) is 0. The molecule has 4 nitrogen and oxygen atoms in total. The van der Waals surface area contributed by atoms with Gasteiger partial charge in [0.25, 0.3) is 5.69 Å². The molecule has 0 radical (unpaired) electrons. The highest BCUT2D eigenvalue weighted by Gasteiger charge is 2.22. The Morgan fingerprint density at radius 3 is 2.79 bits per heavy atom. The smallest absolute Gasteiger partial charge is 0.272 e. The molecule has 0 bridgehead atoms. The first-order valence-electron chi connectivity index (χ1n) is 4.54. The van der Waals surface area contributed by atoms with Gasteiger partial charge in [-0.05, 0) is 25.1 Å². The number of hydrogen-bond acceptors (Lipinski definition) is 3. The Bertz CT molecular complexity index is 401. The highest BCUT2D eigenvalue weighted by atomic mass is 16.6. The van der Waals surface area contributed by atoms with Crippen molar-refractivity contribution in [1.82, 2.24) is 4.90 Å². The van der Waals surface area contributed by atoms with Crippen molar-refractivity contribution in [1.29, 1.82) is 0 Å². The van der Waals surface area contributed by atoms with Crippen LogP contribution in [0, 0.1) is 17.0 Å². The van der Waals surface area contributed by atoms with Gasteiger partial charge in [0, 0.05) is 24.7 Å². The van der Waals surface area contributed by atoms with Gasteiger partial charge in [-0.2, -0.15) is 0 Å². The van der Waals surface area contributed by atoms with Crippen molar-refractivity contribution in [3.63, 3.8) is 0 Å². The van der Waals surface area contributed by atoms with Crippen molar-refractivity contribution in [3.05, 3.63) is 38.9 Å². The largest absolute Gasteiger partial charge is 0.298 e. The van der Waals surface area contributed by atoms with Crippen molar-refractivity contribution in [3.8, 4) is 0 Å². The van der Waals surface area contributed by atoms with Gasteiger partial charge in [0.2, 0.25) is 0 Å². The molecule has 0 N–H and O–H groups in total. The molecular weight excluding hydrogens is 180 g/mol. The minimum Gasteiger partial charge on any atom is -0.298 e. The quantitative estimate of drug-likeness (QED) is 0.504. The normalized spacial score (nSPS) is 15.6. The molecule has 4 heteroatoms. The number of benzene rings is 1. The molecule has 2 rings (SSSR count). The SMILES string of the molecule is Cc1c([N+](=O)[O-])ccc2c1CN(C)C2. The fraction of sp³-hybridized carbons (Fsp3) is 0.400. The molecule has 1 heterocycles. The van der Waals surface area contributed by atoms with Gasteiger partial charge in [-0.1, -0.05) is 6.07 Å². The van der Waals surface area contributed by atoms with E-state index in [1.165, 1.54) is 5.56 Å². The Kier molecular flexibility index (Phi) is 2.00. The van der Waals surface area contributed by atoms with Crippen molar-refractivity contribution in [2.75, 3.05) is 7.05 Å². The summed E-state index contributed by atoms with van der Waals surface area (Å²) in [6, 6.07) is 3.47. The molecule has 0 spiro atoms. The average Bonchev–Trinajstić information content (AvgIpc) is 2.46. The predicted octanol–water partition coefficient (Wildman–Crippen LogP) is 1.85. The zero-order chi connectivity index (χ0) is 10.3. The molecule has 14 heavy (non-hydrogen) atoms. The van der Waals surface area contributed by atoms with Crippen molar-refractivity contribution in [2.45, 2.75) is 20.0 Å². The van der Waals surface area contributed by atoms with E-state index in [1.807, 2.05) is 20.0 Å². The van der Waals surface area contributed by atoms with E-state index in [1.54, 1.807) is 6.07 Å². The highest BCUT2D eigenvalue weighted by Crippen LogP contribution is 2.30. The monoisotopic (exact) mass is 192 g/mol. The lowest BCUT2D eigenvalue weighted by Crippen LogP contribution is -2.07. The van der Waals surface area contributed by atoms with Crippen LogP contribution < -0.4 is 0 Å². The zero-order valence-corrected chi connectivity index (χ0v) is 8.28. The van der Waals surface area contributed by atoms with Gasteiger partial charge in [0.15, 0.2) is 0 Å². The van der Waals surface area contributed by atoms with E-state index in [4.69, 9.17) is 0 Å². The third kappa shape index (κ3) is 1.28. The Balaban J connectivity index is 2.53. The maximum absolute atomic E-state index is 10.7. The first kappa shape index (κ1) is 9.15. The van der Waals surface area contributed by atoms with E-state index in [0.29, 0.717) is 0 Å². The zero-order valence-electron chi connectivity index (χ0n) is 8.28. The summed E-state index contributed by atoms with van der Waals surface area (Å²) < 4.78 is 0. The van der Waals surface area contributed by atoms with E-state index in [0.717, 1.165) is 24.2 Å². The second-order valence-electron chi connectivity index (χ2n) is 3.78. The van der Waals surface area contributed by atoms with Crippen LogP contribution in [0.15, 0.2) is 12.1 Å². The molecule has 0 fully saturated rings. The second kappa shape index (κ2) is 3.06. The number of nitro groups is 1. The molecule has 0 saturated carbocycles. The summed E-state index contributed by atoms with van der Waals surface area (Å²) in [4.78, 5) is 12.5. The number of nitrogens with zero attached hydrogens (tertiary/aromatic N) is 2. The number of rotatable bonds is 1. The van der Waals surface area contributed by atoms with Gasteiger partial charge >= 0.3 is 0 Å².